The van der Waals surface area contributed by atoms with Crippen molar-refractivity contribution in [3.8, 4) is 0 Å². The van der Waals surface area contributed by atoms with Crippen LogP contribution in [-0.4, -0.2) is 51.2 Å². The molecule has 112 valence electrons. The third-order valence-corrected chi connectivity index (χ3v) is 3.77. The maximum atomic E-state index is 13.2. The predicted octanol–water partition coefficient (Wildman–Crippen LogP) is 1.57. The van der Waals surface area contributed by atoms with Crippen LogP contribution in [0.3, 0.4) is 0 Å². The molecule has 0 bridgehead atoms. The average molecular weight is 289 g/mol. The van der Waals surface area contributed by atoms with Gasteiger partial charge in [-0.05, 0) is 24.6 Å². The lowest BCUT2D eigenvalue weighted by Gasteiger charge is -2.34. The topological polar surface area (TPSA) is 48.1 Å². The van der Waals surface area contributed by atoms with Gasteiger partial charge in [0.25, 0.3) is 0 Å². The Hall–Kier alpha value is -1.79. The number of piperazine rings is 1. The second-order valence-electron chi connectivity index (χ2n) is 5.52. The van der Waals surface area contributed by atoms with Crippen molar-refractivity contribution in [3.63, 3.8) is 0 Å². The van der Waals surface area contributed by atoms with Crippen molar-refractivity contribution in [3.05, 3.63) is 47.3 Å². The monoisotopic (exact) mass is 289 g/mol. The molecule has 0 spiro atoms. The summed E-state index contributed by atoms with van der Waals surface area (Å²) >= 11 is 0. The predicted molar refractivity (Wildman–Crippen MR) is 78.1 cm³/mol. The highest BCUT2D eigenvalue weighted by molar-refractivity contribution is 5.16. The molecule has 1 aliphatic heterocycles. The molecule has 1 aromatic carbocycles. The van der Waals surface area contributed by atoms with Gasteiger partial charge in [-0.25, -0.2) is 9.37 Å². The van der Waals surface area contributed by atoms with E-state index in [0.717, 1.165) is 56.5 Å². The zero-order valence-corrected chi connectivity index (χ0v) is 12.2. The number of hydrogen-bond acceptors (Lipinski definition) is 4. The van der Waals surface area contributed by atoms with Crippen LogP contribution in [0.15, 0.2) is 24.3 Å². The van der Waals surface area contributed by atoms with Crippen molar-refractivity contribution >= 4 is 0 Å². The summed E-state index contributed by atoms with van der Waals surface area (Å²) in [6.07, 6.45) is 0. The van der Waals surface area contributed by atoms with E-state index in [2.05, 4.69) is 25.0 Å². The van der Waals surface area contributed by atoms with E-state index >= 15 is 0 Å². The van der Waals surface area contributed by atoms with Gasteiger partial charge in [0.05, 0.1) is 6.54 Å². The van der Waals surface area contributed by atoms with Crippen molar-refractivity contribution < 1.29 is 4.39 Å². The van der Waals surface area contributed by atoms with Crippen LogP contribution in [0.25, 0.3) is 0 Å². The maximum absolute atomic E-state index is 13.2. The summed E-state index contributed by atoms with van der Waals surface area (Å²) in [6, 6.07) is 6.85. The van der Waals surface area contributed by atoms with Gasteiger partial charge in [0.2, 0.25) is 0 Å². The minimum atomic E-state index is -0.161. The van der Waals surface area contributed by atoms with Crippen molar-refractivity contribution in [2.24, 2.45) is 0 Å². The molecule has 1 aliphatic rings. The molecule has 0 radical (unpaired) electrons. The van der Waals surface area contributed by atoms with E-state index in [-0.39, 0.29) is 5.82 Å². The highest BCUT2D eigenvalue weighted by Crippen LogP contribution is 2.11. The second-order valence-corrected chi connectivity index (χ2v) is 5.52. The lowest BCUT2D eigenvalue weighted by atomic mass is 10.2. The highest BCUT2D eigenvalue weighted by atomic mass is 19.1. The molecule has 0 saturated carbocycles. The molecule has 2 aromatic rings. The van der Waals surface area contributed by atoms with Gasteiger partial charge >= 0.3 is 0 Å². The maximum Gasteiger partial charge on any atom is 0.164 e. The van der Waals surface area contributed by atoms with E-state index in [1.165, 1.54) is 6.07 Å². The van der Waals surface area contributed by atoms with Gasteiger partial charge in [-0.1, -0.05) is 12.1 Å². The summed E-state index contributed by atoms with van der Waals surface area (Å²) in [7, 11) is 0. The number of hydrogen-bond donors (Lipinski definition) is 1. The number of aromatic nitrogens is 3. The van der Waals surface area contributed by atoms with Crippen LogP contribution in [0.5, 0.6) is 0 Å². The Labute approximate surface area is 123 Å². The van der Waals surface area contributed by atoms with Gasteiger partial charge in [-0.3, -0.25) is 14.9 Å². The Bertz CT molecular complexity index is 589. The molecule has 0 aliphatic carbocycles. The zero-order valence-electron chi connectivity index (χ0n) is 12.2. The molecule has 1 aromatic heterocycles. The Morgan fingerprint density at radius 3 is 2.48 bits per heavy atom. The Morgan fingerprint density at radius 2 is 1.86 bits per heavy atom. The van der Waals surface area contributed by atoms with E-state index in [1.54, 1.807) is 12.1 Å². The van der Waals surface area contributed by atoms with E-state index in [0.29, 0.717) is 0 Å². The third-order valence-electron chi connectivity index (χ3n) is 3.77. The Kier molecular flexibility index (Phi) is 4.26. The van der Waals surface area contributed by atoms with Crippen LogP contribution >= 0.6 is 0 Å². The first-order valence-corrected chi connectivity index (χ1v) is 7.26. The SMILES string of the molecule is Cc1nc(CN2CCN(Cc3cccc(F)c3)CC2)n[nH]1. The molecule has 5 nitrogen and oxygen atoms in total. The summed E-state index contributed by atoms with van der Waals surface area (Å²) in [4.78, 5) is 9.05. The molecular formula is C15H20FN5. The van der Waals surface area contributed by atoms with Crippen molar-refractivity contribution in [2.75, 3.05) is 26.2 Å². The second kappa shape index (κ2) is 6.32. The van der Waals surface area contributed by atoms with Crippen LogP contribution in [0.2, 0.25) is 0 Å². The van der Waals surface area contributed by atoms with Crippen molar-refractivity contribution in [1.29, 1.82) is 0 Å². The fourth-order valence-electron chi connectivity index (χ4n) is 2.66. The first-order chi connectivity index (χ1) is 10.2. The molecule has 1 N–H and O–H groups in total. The normalized spacial score (nSPS) is 17.2. The highest BCUT2D eigenvalue weighted by Gasteiger charge is 2.18. The first-order valence-electron chi connectivity index (χ1n) is 7.26. The van der Waals surface area contributed by atoms with Crippen LogP contribution in [0.1, 0.15) is 17.2 Å². The number of nitrogens with zero attached hydrogens (tertiary/aromatic N) is 4. The Morgan fingerprint density at radius 1 is 1.14 bits per heavy atom. The number of aromatic amines is 1. The number of H-pyrrole nitrogens is 1. The number of rotatable bonds is 4. The minimum absolute atomic E-state index is 0.161. The van der Waals surface area contributed by atoms with Crippen LogP contribution < -0.4 is 0 Å². The molecule has 1 saturated heterocycles. The fraction of sp³-hybridized carbons (Fsp3) is 0.467. The van der Waals surface area contributed by atoms with Gasteiger partial charge in [0.1, 0.15) is 11.6 Å². The van der Waals surface area contributed by atoms with Gasteiger partial charge in [-0.15, -0.1) is 0 Å². The zero-order chi connectivity index (χ0) is 14.7. The van der Waals surface area contributed by atoms with Crippen LogP contribution in [-0.2, 0) is 13.1 Å². The molecule has 3 rings (SSSR count). The van der Waals surface area contributed by atoms with E-state index in [9.17, 15) is 4.39 Å². The largest absolute Gasteiger partial charge is 0.297 e. The molecular weight excluding hydrogens is 269 g/mol. The van der Waals surface area contributed by atoms with Crippen LogP contribution in [0.4, 0.5) is 4.39 Å². The van der Waals surface area contributed by atoms with E-state index in [4.69, 9.17) is 0 Å². The minimum Gasteiger partial charge on any atom is -0.297 e. The van der Waals surface area contributed by atoms with Crippen molar-refractivity contribution in [1.82, 2.24) is 25.0 Å². The summed E-state index contributed by atoms with van der Waals surface area (Å²) in [5, 5.41) is 7.04. The molecule has 2 heterocycles. The summed E-state index contributed by atoms with van der Waals surface area (Å²) in [5.41, 5.74) is 1.04. The number of halogens is 1. The van der Waals surface area contributed by atoms with E-state index in [1.807, 2.05) is 13.0 Å². The molecule has 21 heavy (non-hydrogen) atoms. The number of benzene rings is 1. The smallest absolute Gasteiger partial charge is 0.164 e. The summed E-state index contributed by atoms with van der Waals surface area (Å²) in [6.45, 7) is 7.46. The van der Waals surface area contributed by atoms with Gasteiger partial charge in [0, 0.05) is 32.7 Å². The lowest BCUT2D eigenvalue weighted by Crippen LogP contribution is -2.45. The quantitative estimate of drug-likeness (QED) is 0.928. The molecule has 6 heteroatoms. The third kappa shape index (κ3) is 3.86. The van der Waals surface area contributed by atoms with Gasteiger partial charge < -0.3 is 0 Å². The molecule has 0 amide bonds. The fourth-order valence-corrected chi connectivity index (χ4v) is 2.66. The number of aryl methyl sites for hydroxylation is 1. The van der Waals surface area contributed by atoms with Gasteiger partial charge in [-0.2, -0.15) is 5.10 Å². The average Bonchev–Trinajstić information content (AvgIpc) is 2.86. The first kappa shape index (κ1) is 14.2. The molecule has 0 atom stereocenters. The standard InChI is InChI=1S/C15H20FN5/c1-12-17-15(19-18-12)11-21-7-5-20(6-8-21)10-13-3-2-4-14(16)9-13/h2-4,9H,5-8,10-11H2,1H3,(H,17,18,19). The van der Waals surface area contributed by atoms with Crippen molar-refractivity contribution in [2.45, 2.75) is 20.0 Å². The molecule has 1 fully saturated rings. The number of nitrogens with one attached hydrogen (secondary N) is 1. The van der Waals surface area contributed by atoms with Crippen LogP contribution in [0, 0.1) is 12.7 Å². The summed E-state index contributed by atoms with van der Waals surface area (Å²) in [5.74, 6) is 1.55. The summed E-state index contributed by atoms with van der Waals surface area (Å²) < 4.78 is 13.2. The van der Waals surface area contributed by atoms with E-state index < -0.39 is 0 Å². The van der Waals surface area contributed by atoms with Gasteiger partial charge in [0.15, 0.2) is 5.82 Å². The molecule has 0 unspecified atom stereocenters. The Balaban J connectivity index is 1.48. The lowest BCUT2D eigenvalue weighted by molar-refractivity contribution is 0.120.